The van der Waals surface area contributed by atoms with Gasteiger partial charge in [0.2, 0.25) is 0 Å². The Morgan fingerprint density at radius 2 is 2.12 bits per heavy atom. The molecule has 0 aromatic heterocycles. The van der Waals surface area contributed by atoms with E-state index in [-0.39, 0.29) is 0 Å². The van der Waals surface area contributed by atoms with Crippen molar-refractivity contribution in [1.82, 2.24) is 0 Å². The summed E-state index contributed by atoms with van der Waals surface area (Å²) >= 11 is 0. The third kappa shape index (κ3) is 0.873. The van der Waals surface area contributed by atoms with E-state index in [9.17, 15) is 0 Å². The van der Waals surface area contributed by atoms with E-state index in [0.717, 1.165) is 5.92 Å². The van der Waals surface area contributed by atoms with E-state index in [1.54, 1.807) is 0 Å². The van der Waals surface area contributed by atoms with Crippen molar-refractivity contribution >= 4 is 0 Å². The van der Waals surface area contributed by atoms with Gasteiger partial charge in [0, 0.05) is 12.3 Å². The van der Waals surface area contributed by atoms with Gasteiger partial charge < -0.3 is 5.32 Å². The molecule has 1 fully saturated rings. The van der Waals surface area contributed by atoms with Crippen molar-refractivity contribution in [2.24, 2.45) is 5.92 Å². The molecule has 1 rings (SSSR count). The summed E-state index contributed by atoms with van der Waals surface area (Å²) in [6.45, 7) is 8.31. The predicted molar refractivity (Wildman–Crippen MR) is 34.7 cm³/mol. The molecule has 1 aliphatic rings. The van der Waals surface area contributed by atoms with E-state index in [4.69, 9.17) is 0 Å². The van der Waals surface area contributed by atoms with Crippen molar-refractivity contribution in [3.63, 3.8) is 0 Å². The van der Waals surface area contributed by atoms with E-state index in [2.05, 4.69) is 26.1 Å². The van der Waals surface area contributed by atoms with Gasteiger partial charge in [-0.2, -0.15) is 0 Å². The molecule has 2 N–H and O–H groups in total. The van der Waals surface area contributed by atoms with Crippen LogP contribution >= 0.6 is 0 Å². The Hall–Kier alpha value is -0.0400. The summed E-state index contributed by atoms with van der Waals surface area (Å²) in [6.07, 6.45) is 1.40. The Balaban J connectivity index is 2.54. The first-order valence-electron chi connectivity index (χ1n) is 3.47. The highest BCUT2D eigenvalue weighted by Gasteiger charge is 2.34. The SMILES string of the molecule is C[C@H]1CC[NH2+]C1(C)C. The number of hydrogen-bond donors (Lipinski definition) is 1. The van der Waals surface area contributed by atoms with E-state index in [1.807, 2.05) is 0 Å². The third-order valence-electron chi connectivity index (χ3n) is 2.54. The van der Waals surface area contributed by atoms with Gasteiger partial charge in [-0.25, -0.2) is 0 Å². The number of hydrogen-bond acceptors (Lipinski definition) is 0. The third-order valence-corrected chi connectivity index (χ3v) is 2.54. The van der Waals surface area contributed by atoms with Gasteiger partial charge in [-0.15, -0.1) is 0 Å². The standard InChI is InChI=1S/C7H15N/c1-6-4-5-8-7(6,2)3/h6,8H,4-5H2,1-3H3/p+1/t6-/m0/s1. The Morgan fingerprint density at radius 1 is 1.50 bits per heavy atom. The molecule has 1 nitrogen and oxygen atoms in total. The summed E-state index contributed by atoms with van der Waals surface area (Å²) in [5.41, 5.74) is 0.528. The highest BCUT2D eigenvalue weighted by molar-refractivity contribution is 4.76. The second-order valence-corrected chi connectivity index (χ2v) is 3.50. The predicted octanol–water partition coefficient (Wildman–Crippen LogP) is 0.368. The summed E-state index contributed by atoms with van der Waals surface area (Å²) in [6, 6.07) is 0. The van der Waals surface area contributed by atoms with Crippen molar-refractivity contribution in [3.05, 3.63) is 0 Å². The van der Waals surface area contributed by atoms with Gasteiger partial charge in [0.25, 0.3) is 0 Å². The average Bonchev–Trinajstić information content (AvgIpc) is 1.86. The van der Waals surface area contributed by atoms with Crippen LogP contribution in [0.5, 0.6) is 0 Å². The van der Waals surface area contributed by atoms with Crippen LogP contribution in [0.1, 0.15) is 27.2 Å². The van der Waals surface area contributed by atoms with Gasteiger partial charge in [0.15, 0.2) is 0 Å². The van der Waals surface area contributed by atoms with E-state index >= 15 is 0 Å². The van der Waals surface area contributed by atoms with Crippen LogP contribution in [0, 0.1) is 5.92 Å². The summed E-state index contributed by atoms with van der Waals surface area (Å²) in [5, 5.41) is 2.44. The van der Waals surface area contributed by atoms with E-state index in [0.29, 0.717) is 5.54 Å². The highest BCUT2D eigenvalue weighted by atomic mass is 15.0. The molecule has 0 amide bonds. The minimum Gasteiger partial charge on any atom is -0.342 e. The first kappa shape index (κ1) is 6.09. The molecule has 1 aliphatic heterocycles. The minimum atomic E-state index is 0.528. The molecule has 48 valence electrons. The number of rotatable bonds is 0. The molecule has 1 heterocycles. The van der Waals surface area contributed by atoms with Crippen LogP contribution in [0.2, 0.25) is 0 Å². The van der Waals surface area contributed by atoms with Gasteiger partial charge >= 0.3 is 0 Å². The molecule has 1 heteroatoms. The first-order chi connectivity index (χ1) is 3.63. The van der Waals surface area contributed by atoms with Crippen molar-refractivity contribution in [1.29, 1.82) is 0 Å². The Kier molecular flexibility index (Phi) is 1.31. The summed E-state index contributed by atoms with van der Waals surface area (Å²) in [4.78, 5) is 0. The maximum atomic E-state index is 2.44. The molecule has 0 spiro atoms. The highest BCUT2D eigenvalue weighted by Crippen LogP contribution is 2.18. The Bertz CT molecular complexity index is 86.4. The summed E-state index contributed by atoms with van der Waals surface area (Å²) in [7, 11) is 0. The van der Waals surface area contributed by atoms with Crippen LogP contribution in [0.15, 0.2) is 0 Å². The topological polar surface area (TPSA) is 16.6 Å². The molecule has 0 bridgehead atoms. The Morgan fingerprint density at radius 3 is 2.25 bits per heavy atom. The molecule has 1 saturated heterocycles. The van der Waals surface area contributed by atoms with Crippen LogP contribution < -0.4 is 5.32 Å². The molecule has 0 aromatic carbocycles. The van der Waals surface area contributed by atoms with Crippen LogP contribution in [0.25, 0.3) is 0 Å². The maximum Gasteiger partial charge on any atom is 0.0932 e. The van der Waals surface area contributed by atoms with Gasteiger partial charge in [-0.1, -0.05) is 6.92 Å². The fraction of sp³-hybridized carbons (Fsp3) is 1.00. The molecule has 1 atom stereocenters. The normalized spacial score (nSPS) is 35.6. The van der Waals surface area contributed by atoms with Gasteiger partial charge in [-0.3, -0.25) is 0 Å². The van der Waals surface area contributed by atoms with Crippen molar-refractivity contribution in [2.45, 2.75) is 32.7 Å². The zero-order chi connectivity index (χ0) is 6.20. The lowest BCUT2D eigenvalue weighted by molar-refractivity contribution is -0.704. The summed E-state index contributed by atoms with van der Waals surface area (Å²) in [5.74, 6) is 0.905. The first-order valence-corrected chi connectivity index (χ1v) is 3.47. The monoisotopic (exact) mass is 114 g/mol. The number of nitrogens with two attached hydrogens (primary N) is 1. The minimum absolute atomic E-state index is 0.528. The Labute approximate surface area is 51.5 Å². The lowest BCUT2D eigenvalue weighted by Gasteiger charge is -2.18. The lowest BCUT2D eigenvalue weighted by atomic mass is 9.91. The molecule has 0 radical (unpaired) electrons. The smallest absolute Gasteiger partial charge is 0.0932 e. The zero-order valence-corrected chi connectivity index (χ0v) is 6.07. The van der Waals surface area contributed by atoms with Crippen molar-refractivity contribution < 1.29 is 5.32 Å². The number of quaternary nitrogens is 1. The molecular weight excluding hydrogens is 98.1 g/mol. The van der Waals surface area contributed by atoms with Crippen molar-refractivity contribution in [2.75, 3.05) is 6.54 Å². The molecule has 0 unspecified atom stereocenters. The molecule has 0 aliphatic carbocycles. The van der Waals surface area contributed by atoms with Gasteiger partial charge in [0.1, 0.15) is 0 Å². The average molecular weight is 114 g/mol. The molecule has 0 aromatic rings. The maximum absolute atomic E-state index is 2.44. The largest absolute Gasteiger partial charge is 0.342 e. The van der Waals surface area contributed by atoms with Gasteiger partial charge in [-0.05, 0) is 13.8 Å². The fourth-order valence-electron chi connectivity index (χ4n) is 1.28. The molecule has 8 heavy (non-hydrogen) atoms. The zero-order valence-electron chi connectivity index (χ0n) is 6.07. The second-order valence-electron chi connectivity index (χ2n) is 3.50. The second kappa shape index (κ2) is 1.73. The van der Waals surface area contributed by atoms with Crippen LogP contribution in [0.3, 0.4) is 0 Å². The van der Waals surface area contributed by atoms with Crippen molar-refractivity contribution in [3.8, 4) is 0 Å². The van der Waals surface area contributed by atoms with Crippen LogP contribution in [0.4, 0.5) is 0 Å². The molecular formula is C7H16N+. The van der Waals surface area contributed by atoms with Crippen LogP contribution in [-0.4, -0.2) is 12.1 Å². The quantitative estimate of drug-likeness (QED) is 0.468. The molecule has 0 saturated carbocycles. The van der Waals surface area contributed by atoms with Crippen LogP contribution in [-0.2, 0) is 0 Å². The fourth-order valence-corrected chi connectivity index (χ4v) is 1.28. The van der Waals surface area contributed by atoms with E-state index in [1.165, 1.54) is 13.0 Å². The van der Waals surface area contributed by atoms with Gasteiger partial charge in [0.05, 0.1) is 12.1 Å². The van der Waals surface area contributed by atoms with E-state index < -0.39 is 0 Å². The lowest BCUT2D eigenvalue weighted by Crippen LogP contribution is -2.92. The summed E-state index contributed by atoms with van der Waals surface area (Å²) < 4.78 is 0.